The van der Waals surface area contributed by atoms with Gasteiger partial charge in [-0.15, -0.1) is 0 Å². The van der Waals surface area contributed by atoms with E-state index in [1.807, 2.05) is 52.0 Å². The van der Waals surface area contributed by atoms with Crippen molar-refractivity contribution >= 4 is 28.7 Å². The predicted octanol–water partition coefficient (Wildman–Crippen LogP) is 5.76. The quantitative estimate of drug-likeness (QED) is 0.529. The van der Waals surface area contributed by atoms with Crippen molar-refractivity contribution in [1.82, 2.24) is 4.90 Å². The van der Waals surface area contributed by atoms with Crippen LogP contribution in [-0.4, -0.2) is 36.2 Å². The van der Waals surface area contributed by atoms with Gasteiger partial charge < -0.3 is 24.1 Å². The van der Waals surface area contributed by atoms with Crippen LogP contribution < -0.4 is 10.1 Å². The van der Waals surface area contributed by atoms with Crippen molar-refractivity contribution in [3.05, 3.63) is 59.4 Å². The van der Waals surface area contributed by atoms with Crippen LogP contribution in [0.3, 0.4) is 0 Å². The summed E-state index contributed by atoms with van der Waals surface area (Å²) in [5, 5.41) is 3.66. The second-order valence-electron chi connectivity index (χ2n) is 8.50. The minimum atomic E-state index is -0.584. The van der Waals surface area contributed by atoms with Gasteiger partial charge in [0.15, 0.2) is 0 Å². The van der Waals surface area contributed by atoms with Crippen molar-refractivity contribution in [3.8, 4) is 5.75 Å². The normalized spacial score (nSPS) is 11.3. The Hall–Kier alpha value is -3.48. The van der Waals surface area contributed by atoms with Gasteiger partial charge >= 0.3 is 6.09 Å². The number of hydrogen-bond donors (Lipinski definition) is 1. The van der Waals surface area contributed by atoms with Gasteiger partial charge in [0.05, 0.1) is 19.2 Å². The molecule has 0 unspecified atom stereocenters. The summed E-state index contributed by atoms with van der Waals surface area (Å²) in [7, 11) is 1.58. The molecule has 0 spiro atoms. The summed E-state index contributed by atoms with van der Waals surface area (Å²) in [6, 6.07) is 12.8. The molecule has 0 aliphatic carbocycles. The maximum absolute atomic E-state index is 13.2. The molecule has 7 nitrogen and oxygen atoms in total. The molecular weight excluding hydrogens is 408 g/mol. The summed E-state index contributed by atoms with van der Waals surface area (Å²) in [5.74, 6) is 0.873. The third-order valence-corrected chi connectivity index (χ3v) is 4.96. The number of furan rings is 1. The average molecular weight is 439 g/mol. The van der Waals surface area contributed by atoms with Crippen molar-refractivity contribution in [2.75, 3.05) is 19.0 Å². The van der Waals surface area contributed by atoms with Crippen LogP contribution in [0.2, 0.25) is 0 Å². The summed E-state index contributed by atoms with van der Waals surface area (Å²) < 4.78 is 16.6. The van der Waals surface area contributed by atoms with E-state index in [1.165, 1.54) is 0 Å². The fourth-order valence-corrected chi connectivity index (χ4v) is 3.41. The summed E-state index contributed by atoms with van der Waals surface area (Å²) in [6.07, 6.45) is -0.398. The molecule has 3 aromatic rings. The molecule has 7 heteroatoms. The third-order valence-electron chi connectivity index (χ3n) is 4.96. The van der Waals surface area contributed by atoms with Gasteiger partial charge in [-0.2, -0.15) is 0 Å². The highest BCUT2D eigenvalue weighted by Gasteiger charge is 2.23. The minimum absolute atomic E-state index is 0.290. The van der Waals surface area contributed by atoms with Crippen molar-refractivity contribution in [1.29, 1.82) is 0 Å². The first-order valence-corrected chi connectivity index (χ1v) is 10.6. The van der Waals surface area contributed by atoms with Gasteiger partial charge in [0.1, 0.15) is 22.7 Å². The first-order valence-electron chi connectivity index (χ1n) is 10.6. The molecule has 1 heterocycles. The molecule has 0 aliphatic heterocycles. The number of aryl methyl sites for hydroxylation is 1. The number of carbonyl (C=O) groups is 2. The average Bonchev–Trinajstić information content (AvgIpc) is 3.06. The predicted molar refractivity (Wildman–Crippen MR) is 124 cm³/mol. The lowest BCUT2D eigenvalue weighted by Gasteiger charge is -2.27. The molecule has 1 aromatic heterocycles. The van der Waals surface area contributed by atoms with E-state index >= 15 is 0 Å². The van der Waals surface area contributed by atoms with E-state index in [4.69, 9.17) is 13.9 Å². The first-order chi connectivity index (χ1) is 15.1. The van der Waals surface area contributed by atoms with E-state index in [0.717, 1.165) is 5.56 Å². The summed E-state index contributed by atoms with van der Waals surface area (Å²) in [4.78, 5) is 27.4. The van der Waals surface area contributed by atoms with Crippen LogP contribution in [0.25, 0.3) is 11.0 Å². The number of nitrogens with zero attached hydrogens (tertiary/aromatic N) is 1. The third kappa shape index (κ3) is 5.22. The standard InChI is InChI=1S/C25H30N2O5/c1-7-27(24(29)32-25(3,4)5)15-17-10-8-9-11-20(17)26-23(28)22-16(2)31-21-13-12-18(30-6)14-19(21)22/h8-14H,7,15H2,1-6H3,(H,26,28). The van der Waals surface area contributed by atoms with E-state index < -0.39 is 11.7 Å². The summed E-state index contributed by atoms with van der Waals surface area (Å²) in [5.41, 5.74) is 1.91. The molecule has 0 aliphatic rings. The van der Waals surface area contributed by atoms with Gasteiger partial charge in [-0.3, -0.25) is 4.79 Å². The topological polar surface area (TPSA) is 81.0 Å². The number of rotatable bonds is 6. The number of methoxy groups -OCH3 is 1. The van der Waals surface area contributed by atoms with Crippen LogP contribution in [0.1, 0.15) is 49.4 Å². The second-order valence-corrected chi connectivity index (χ2v) is 8.50. The van der Waals surface area contributed by atoms with Crippen LogP contribution in [0.4, 0.5) is 10.5 Å². The van der Waals surface area contributed by atoms with Gasteiger partial charge in [0.25, 0.3) is 5.91 Å². The Kier molecular flexibility index (Phi) is 6.77. The van der Waals surface area contributed by atoms with Gasteiger partial charge in [-0.25, -0.2) is 4.79 Å². The van der Waals surface area contributed by atoms with Crippen molar-refractivity contribution in [2.24, 2.45) is 0 Å². The molecule has 3 rings (SSSR count). The van der Waals surface area contributed by atoms with E-state index in [-0.39, 0.29) is 5.91 Å². The fourth-order valence-electron chi connectivity index (χ4n) is 3.41. The first kappa shape index (κ1) is 23.2. The monoisotopic (exact) mass is 438 g/mol. The van der Waals surface area contributed by atoms with Crippen LogP contribution in [0.5, 0.6) is 5.75 Å². The number of benzene rings is 2. The SMILES string of the molecule is CCN(Cc1ccccc1NC(=O)c1c(C)oc2ccc(OC)cc12)C(=O)OC(C)(C)C. The lowest BCUT2D eigenvalue weighted by Crippen LogP contribution is -2.36. The molecule has 2 aromatic carbocycles. The Balaban J connectivity index is 1.87. The maximum atomic E-state index is 13.2. The van der Waals surface area contributed by atoms with Crippen LogP contribution in [0.15, 0.2) is 46.9 Å². The Morgan fingerprint density at radius 3 is 2.50 bits per heavy atom. The summed E-state index contributed by atoms with van der Waals surface area (Å²) >= 11 is 0. The second kappa shape index (κ2) is 9.34. The van der Waals surface area contributed by atoms with Gasteiger partial charge in [-0.1, -0.05) is 18.2 Å². The van der Waals surface area contributed by atoms with Gasteiger partial charge in [0.2, 0.25) is 0 Å². The van der Waals surface area contributed by atoms with Crippen LogP contribution in [0, 0.1) is 6.92 Å². The number of carbonyl (C=O) groups excluding carboxylic acids is 2. The number of ether oxygens (including phenoxy) is 2. The number of hydrogen-bond acceptors (Lipinski definition) is 5. The zero-order valence-electron chi connectivity index (χ0n) is 19.4. The molecule has 2 amide bonds. The Labute approximate surface area is 188 Å². The molecule has 0 saturated heterocycles. The Morgan fingerprint density at radius 2 is 1.84 bits per heavy atom. The highest BCUT2D eigenvalue weighted by Crippen LogP contribution is 2.30. The summed E-state index contributed by atoms with van der Waals surface area (Å²) in [6.45, 7) is 9.93. The van der Waals surface area contributed by atoms with Crippen LogP contribution >= 0.6 is 0 Å². The van der Waals surface area contributed by atoms with Crippen molar-refractivity contribution in [2.45, 2.75) is 46.8 Å². The number of anilines is 1. The minimum Gasteiger partial charge on any atom is -0.497 e. The van der Waals surface area contributed by atoms with E-state index in [0.29, 0.717) is 46.8 Å². The molecule has 0 fully saturated rings. The maximum Gasteiger partial charge on any atom is 0.410 e. The molecule has 32 heavy (non-hydrogen) atoms. The smallest absolute Gasteiger partial charge is 0.410 e. The molecule has 0 atom stereocenters. The molecule has 0 bridgehead atoms. The van der Waals surface area contributed by atoms with Gasteiger partial charge in [-0.05, 0) is 64.4 Å². The van der Waals surface area contributed by atoms with Gasteiger partial charge in [0, 0.05) is 17.6 Å². The Morgan fingerprint density at radius 1 is 1.12 bits per heavy atom. The molecule has 170 valence electrons. The van der Waals surface area contributed by atoms with Crippen molar-refractivity contribution in [3.63, 3.8) is 0 Å². The van der Waals surface area contributed by atoms with Crippen LogP contribution in [-0.2, 0) is 11.3 Å². The zero-order chi connectivity index (χ0) is 23.5. The van der Waals surface area contributed by atoms with E-state index in [1.54, 1.807) is 37.1 Å². The molecule has 1 N–H and O–H groups in total. The fraction of sp³-hybridized carbons (Fsp3) is 0.360. The lowest BCUT2D eigenvalue weighted by molar-refractivity contribution is 0.0245. The molecule has 0 saturated carbocycles. The van der Waals surface area contributed by atoms with Crippen molar-refractivity contribution < 1.29 is 23.5 Å². The molecular formula is C25H30N2O5. The highest BCUT2D eigenvalue weighted by atomic mass is 16.6. The number of nitrogens with one attached hydrogen (secondary N) is 1. The Bertz CT molecular complexity index is 1130. The number of para-hydroxylation sites is 1. The highest BCUT2D eigenvalue weighted by molar-refractivity contribution is 6.13. The van der Waals surface area contributed by atoms with E-state index in [9.17, 15) is 9.59 Å². The van der Waals surface area contributed by atoms with E-state index in [2.05, 4.69) is 5.32 Å². The number of amides is 2. The zero-order valence-corrected chi connectivity index (χ0v) is 19.4. The lowest BCUT2D eigenvalue weighted by atomic mass is 10.1. The largest absolute Gasteiger partial charge is 0.497 e. The number of fused-ring (bicyclic) bond motifs is 1. The molecule has 0 radical (unpaired) electrons.